The highest BCUT2D eigenvalue weighted by Crippen LogP contribution is 2.36. The van der Waals surface area contributed by atoms with E-state index in [0.717, 1.165) is 17.8 Å². The molecule has 1 nitrogen and oxygen atoms in total. The Bertz CT molecular complexity index is 417. The Labute approximate surface area is 131 Å². The lowest BCUT2D eigenvalue weighted by atomic mass is 9.71. The summed E-state index contributed by atoms with van der Waals surface area (Å²) >= 11 is 0. The van der Waals surface area contributed by atoms with Crippen molar-refractivity contribution in [1.82, 2.24) is 5.32 Å². The first-order valence-corrected chi connectivity index (χ1v) is 8.87. The summed E-state index contributed by atoms with van der Waals surface area (Å²) in [6.45, 7) is 11.6. The van der Waals surface area contributed by atoms with Crippen molar-refractivity contribution in [3.8, 4) is 0 Å². The van der Waals surface area contributed by atoms with Gasteiger partial charge in [-0.3, -0.25) is 0 Å². The quantitative estimate of drug-likeness (QED) is 0.734. The molecule has 0 radical (unpaired) electrons. The van der Waals surface area contributed by atoms with E-state index in [2.05, 4.69) is 51.2 Å². The lowest BCUT2D eigenvalue weighted by Gasteiger charge is -2.36. The zero-order chi connectivity index (χ0) is 15.2. The summed E-state index contributed by atoms with van der Waals surface area (Å²) in [4.78, 5) is 0. The van der Waals surface area contributed by atoms with Crippen molar-refractivity contribution >= 4 is 0 Å². The van der Waals surface area contributed by atoms with Crippen LogP contribution in [0.3, 0.4) is 0 Å². The Morgan fingerprint density at radius 3 is 2.48 bits per heavy atom. The number of benzene rings is 1. The molecule has 0 aromatic heterocycles. The molecule has 1 heteroatoms. The molecule has 0 heterocycles. The van der Waals surface area contributed by atoms with Crippen LogP contribution >= 0.6 is 0 Å². The fourth-order valence-corrected chi connectivity index (χ4v) is 3.98. The molecular weight excluding hydrogens is 254 g/mol. The lowest BCUT2D eigenvalue weighted by Crippen LogP contribution is -2.34. The van der Waals surface area contributed by atoms with E-state index in [4.69, 9.17) is 0 Å². The van der Waals surface area contributed by atoms with Crippen LogP contribution in [0.15, 0.2) is 18.2 Å². The van der Waals surface area contributed by atoms with Crippen molar-refractivity contribution in [2.75, 3.05) is 13.1 Å². The molecule has 3 atom stereocenters. The molecule has 0 amide bonds. The minimum Gasteiger partial charge on any atom is -0.316 e. The Morgan fingerprint density at radius 1 is 1.10 bits per heavy atom. The van der Waals surface area contributed by atoms with E-state index in [1.165, 1.54) is 56.3 Å². The maximum atomic E-state index is 3.66. The predicted molar refractivity (Wildman–Crippen MR) is 92.8 cm³/mol. The molecule has 0 bridgehead atoms. The second-order valence-corrected chi connectivity index (χ2v) is 7.22. The van der Waals surface area contributed by atoms with E-state index in [1.807, 2.05) is 0 Å². The Kier molecular flexibility index (Phi) is 6.29. The minimum absolute atomic E-state index is 0.859. The molecule has 1 N–H and O–H groups in total. The molecule has 0 aliphatic heterocycles. The maximum absolute atomic E-state index is 3.66. The number of rotatable bonds is 6. The molecule has 1 aromatic carbocycles. The highest BCUT2D eigenvalue weighted by atomic mass is 14.9. The van der Waals surface area contributed by atoms with Gasteiger partial charge in [0.15, 0.2) is 0 Å². The Balaban J connectivity index is 2.05. The van der Waals surface area contributed by atoms with Crippen LogP contribution in [0.4, 0.5) is 0 Å². The normalized spacial score (nSPS) is 26.0. The first-order valence-electron chi connectivity index (χ1n) is 8.87. The lowest BCUT2D eigenvalue weighted by molar-refractivity contribution is 0.183. The number of hydrogen-bond donors (Lipinski definition) is 1. The molecule has 0 spiro atoms. The summed E-state index contributed by atoms with van der Waals surface area (Å²) < 4.78 is 0. The topological polar surface area (TPSA) is 12.0 Å². The van der Waals surface area contributed by atoms with Crippen molar-refractivity contribution in [2.45, 2.75) is 59.8 Å². The fraction of sp³-hybridized carbons (Fsp3) is 0.700. The maximum Gasteiger partial charge on any atom is -0.00178 e. The molecule has 3 unspecified atom stereocenters. The van der Waals surface area contributed by atoms with Gasteiger partial charge in [0, 0.05) is 0 Å². The van der Waals surface area contributed by atoms with Crippen LogP contribution in [0.25, 0.3) is 0 Å². The highest BCUT2D eigenvalue weighted by molar-refractivity contribution is 5.33. The monoisotopic (exact) mass is 287 g/mol. The van der Waals surface area contributed by atoms with Gasteiger partial charge in [-0.2, -0.15) is 0 Å². The second-order valence-electron chi connectivity index (χ2n) is 7.22. The van der Waals surface area contributed by atoms with E-state index in [0.29, 0.717) is 0 Å². The minimum atomic E-state index is 0.859. The first-order chi connectivity index (χ1) is 10.1. The van der Waals surface area contributed by atoms with Crippen LogP contribution in [-0.2, 0) is 6.42 Å². The van der Waals surface area contributed by atoms with Gasteiger partial charge in [0.25, 0.3) is 0 Å². The Hall–Kier alpha value is -0.820. The van der Waals surface area contributed by atoms with Gasteiger partial charge in [-0.25, -0.2) is 0 Å². The number of hydrogen-bond acceptors (Lipinski definition) is 1. The van der Waals surface area contributed by atoms with E-state index >= 15 is 0 Å². The molecule has 0 saturated heterocycles. The molecule has 1 saturated carbocycles. The average Bonchev–Trinajstić information content (AvgIpc) is 2.45. The average molecular weight is 287 g/mol. The zero-order valence-corrected chi connectivity index (χ0v) is 14.4. The zero-order valence-electron chi connectivity index (χ0n) is 14.4. The van der Waals surface area contributed by atoms with Gasteiger partial charge in [0.1, 0.15) is 0 Å². The van der Waals surface area contributed by atoms with Crippen molar-refractivity contribution in [1.29, 1.82) is 0 Å². The summed E-state index contributed by atoms with van der Waals surface area (Å²) in [5.74, 6) is 2.63. The third kappa shape index (κ3) is 4.57. The van der Waals surface area contributed by atoms with Crippen molar-refractivity contribution < 1.29 is 0 Å². The van der Waals surface area contributed by atoms with E-state index in [9.17, 15) is 0 Å². The van der Waals surface area contributed by atoms with Gasteiger partial charge in [-0.05, 0) is 87.1 Å². The number of nitrogens with one attached hydrogen (secondary N) is 1. The van der Waals surface area contributed by atoms with Crippen molar-refractivity contribution in [2.24, 2.45) is 17.8 Å². The summed E-state index contributed by atoms with van der Waals surface area (Å²) in [5.41, 5.74) is 4.57. The second kappa shape index (κ2) is 7.98. The van der Waals surface area contributed by atoms with Crippen LogP contribution in [-0.4, -0.2) is 13.1 Å². The van der Waals surface area contributed by atoms with Gasteiger partial charge in [0.2, 0.25) is 0 Å². The predicted octanol–water partition coefficient (Wildman–Crippen LogP) is 4.90. The van der Waals surface area contributed by atoms with E-state index < -0.39 is 0 Å². The molecule has 1 aliphatic rings. The van der Waals surface area contributed by atoms with Crippen molar-refractivity contribution in [3.05, 3.63) is 34.9 Å². The van der Waals surface area contributed by atoms with Gasteiger partial charge in [-0.15, -0.1) is 0 Å². The van der Waals surface area contributed by atoms with Crippen LogP contribution in [0.1, 0.15) is 56.2 Å². The van der Waals surface area contributed by atoms with Crippen LogP contribution in [0.5, 0.6) is 0 Å². The van der Waals surface area contributed by atoms with Gasteiger partial charge in [0.05, 0.1) is 0 Å². The van der Waals surface area contributed by atoms with Gasteiger partial charge >= 0.3 is 0 Å². The molecule has 118 valence electrons. The molecule has 1 aliphatic carbocycles. The van der Waals surface area contributed by atoms with Gasteiger partial charge < -0.3 is 5.32 Å². The van der Waals surface area contributed by atoms with Crippen molar-refractivity contribution in [3.63, 3.8) is 0 Å². The van der Waals surface area contributed by atoms with Crippen LogP contribution in [0.2, 0.25) is 0 Å². The molecule has 21 heavy (non-hydrogen) atoms. The summed E-state index contributed by atoms with van der Waals surface area (Å²) in [5, 5.41) is 3.66. The summed E-state index contributed by atoms with van der Waals surface area (Å²) in [6.07, 6.45) is 6.76. The molecule has 2 rings (SSSR count). The summed E-state index contributed by atoms with van der Waals surface area (Å²) in [6, 6.07) is 6.75. The Morgan fingerprint density at radius 2 is 1.81 bits per heavy atom. The fourth-order valence-electron chi connectivity index (χ4n) is 3.98. The third-order valence-electron chi connectivity index (χ3n) is 5.35. The van der Waals surface area contributed by atoms with Crippen LogP contribution in [0, 0.1) is 31.6 Å². The molecule has 1 fully saturated rings. The van der Waals surface area contributed by atoms with E-state index in [1.54, 1.807) is 5.56 Å². The SMILES string of the molecule is CCCNCC1CCC(C)CC1Cc1c(C)cccc1C. The molecule has 1 aromatic rings. The summed E-state index contributed by atoms with van der Waals surface area (Å²) in [7, 11) is 0. The van der Waals surface area contributed by atoms with E-state index in [-0.39, 0.29) is 0 Å². The highest BCUT2D eigenvalue weighted by Gasteiger charge is 2.29. The largest absolute Gasteiger partial charge is 0.316 e. The smallest absolute Gasteiger partial charge is 0.00178 e. The number of aryl methyl sites for hydroxylation is 2. The standard InChI is InChI=1S/C20H33N/c1-5-11-21-14-18-10-9-15(2)12-19(18)13-20-16(3)7-6-8-17(20)4/h6-8,15,18-19,21H,5,9-14H2,1-4H3. The first kappa shape index (κ1) is 16.5. The molecular formula is C20H33N. The third-order valence-corrected chi connectivity index (χ3v) is 5.35. The van der Waals surface area contributed by atoms with Gasteiger partial charge in [-0.1, -0.05) is 38.5 Å². The van der Waals surface area contributed by atoms with Crippen LogP contribution < -0.4 is 5.32 Å².